The van der Waals surface area contributed by atoms with E-state index in [1.807, 2.05) is 6.07 Å². The number of carbonyl (C=O) groups excluding carboxylic acids is 2. The first-order chi connectivity index (χ1) is 12.9. The highest BCUT2D eigenvalue weighted by Crippen LogP contribution is 2.30. The molecule has 0 radical (unpaired) electrons. The molecule has 0 bridgehead atoms. The van der Waals surface area contributed by atoms with E-state index >= 15 is 0 Å². The Balaban J connectivity index is 1.83. The molecule has 6 heteroatoms. The van der Waals surface area contributed by atoms with Crippen LogP contribution in [0.5, 0.6) is 0 Å². The maximum Gasteiger partial charge on any atom is 0.304 e. The van der Waals surface area contributed by atoms with Gasteiger partial charge in [-0.2, -0.15) is 0 Å². The van der Waals surface area contributed by atoms with Gasteiger partial charge >= 0.3 is 5.97 Å². The second-order valence-corrected chi connectivity index (χ2v) is 6.69. The lowest BCUT2D eigenvalue weighted by Gasteiger charge is -2.20. The SMILES string of the molecule is N=C(N)C(CCCc1cccc2c1C(=O)c1ccccc1C2=O)CC(=O)O. The Morgan fingerprint density at radius 1 is 1.00 bits per heavy atom. The van der Waals surface area contributed by atoms with Crippen LogP contribution in [0.25, 0.3) is 0 Å². The predicted octanol–water partition coefficient (Wildman–Crippen LogP) is 2.81. The molecule has 2 aromatic rings. The van der Waals surface area contributed by atoms with Crippen molar-refractivity contribution in [2.75, 3.05) is 0 Å². The molecule has 0 saturated carbocycles. The number of nitrogens with two attached hydrogens (primary N) is 1. The number of benzene rings is 2. The second kappa shape index (κ2) is 7.53. The molecule has 6 nitrogen and oxygen atoms in total. The Hall–Kier alpha value is -3.28. The Bertz CT molecular complexity index is 949. The zero-order valence-electron chi connectivity index (χ0n) is 14.7. The summed E-state index contributed by atoms with van der Waals surface area (Å²) in [6.45, 7) is 0. The van der Waals surface area contributed by atoms with Gasteiger partial charge in [0.1, 0.15) is 0 Å². The lowest BCUT2D eigenvalue weighted by atomic mass is 9.81. The summed E-state index contributed by atoms with van der Waals surface area (Å²) in [5.74, 6) is -1.99. The standard InChI is InChI=1S/C21H20N2O4/c22-21(23)13(11-17(24)25)7-3-5-12-6-4-10-16-18(12)20(27)15-9-2-1-8-14(15)19(16)26/h1-2,4,6,8-10,13H,3,5,7,11H2,(H3,22,23)(H,24,25). The van der Waals surface area contributed by atoms with Gasteiger partial charge in [-0.15, -0.1) is 0 Å². The molecule has 1 atom stereocenters. The third kappa shape index (κ3) is 3.65. The minimum absolute atomic E-state index is 0.146. The van der Waals surface area contributed by atoms with Gasteiger partial charge in [0, 0.05) is 28.2 Å². The van der Waals surface area contributed by atoms with E-state index in [0.717, 1.165) is 5.56 Å². The molecule has 0 spiro atoms. The second-order valence-electron chi connectivity index (χ2n) is 6.69. The number of fused-ring (bicyclic) bond motifs is 2. The minimum atomic E-state index is -0.996. The quantitative estimate of drug-likeness (QED) is 0.440. The van der Waals surface area contributed by atoms with Gasteiger partial charge in [0.2, 0.25) is 0 Å². The van der Waals surface area contributed by atoms with E-state index in [0.29, 0.717) is 41.5 Å². The van der Waals surface area contributed by atoms with Gasteiger partial charge in [-0.05, 0) is 24.8 Å². The molecule has 2 aromatic carbocycles. The van der Waals surface area contributed by atoms with Crippen molar-refractivity contribution in [3.05, 3.63) is 70.3 Å². The maximum absolute atomic E-state index is 12.9. The van der Waals surface area contributed by atoms with Gasteiger partial charge in [-0.1, -0.05) is 42.5 Å². The van der Waals surface area contributed by atoms with Gasteiger partial charge in [0.15, 0.2) is 11.6 Å². The largest absolute Gasteiger partial charge is 0.481 e. The molecule has 1 aliphatic rings. The Labute approximate surface area is 156 Å². The van der Waals surface area contributed by atoms with E-state index < -0.39 is 11.9 Å². The van der Waals surface area contributed by atoms with Crippen molar-refractivity contribution in [1.82, 2.24) is 0 Å². The molecule has 0 amide bonds. The van der Waals surface area contributed by atoms with Crippen LogP contribution in [0, 0.1) is 11.3 Å². The van der Waals surface area contributed by atoms with Crippen LogP contribution in [0.1, 0.15) is 56.7 Å². The maximum atomic E-state index is 12.9. The zero-order chi connectivity index (χ0) is 19.6. The van der Waals surface area contributed by atoms with Crippen LogP contribution in [-0.2, 0) is 11.2 Å². The average Bonchev–Trinajstić information content (AvgIpc) is 2.64. The number of amidine groups is 1. The molecule has 27 heavy (non-hydrogen) atoms. The Morgan fingerprint density at radius 3 is 2.26 bits per heavy atom. The van der Waals surface area contributed by atoms with Crippen molar-refractivity contribution in [3.8, 4) is 0 Å². The summed E-state index contributed by atoms with van der Waals surface area (Å²) in [4.78, 5) is 36.6. The van der Waals surface area contributed by atoms with Crippen LogP contribution in [0.4, 0.5) is 0 Å². The van der Waals surface area contributed by atoms with Crippen molar-refractivity contribution >= 4 is 23.4 Å². The number of aryl methyl sites for hydroxylation is 1. The van der Waals surface area contributed by atoms with E-state index in [1.54, 1.807) is 36.4 Å². The number of carbonyl (C=O) groups is 3. The lowest BCUT2D eigenvalue weighted by molar-refractivity contribution is -0.137. The van der Waals surface area contributed by atoms with Crippen LogP contribution in [0.15, 0.2) is 42.5 Å². The molecule has 138 valence electrons. The summed E-state index contributed by atoms with van der Waals surface area (Å²) < 4.78 is 0. The molecule has 0 aliphatic heterocycles. The number of aliphatic carboxylic acids is 1. The fourth-order valence-corrected chi connectivity index (χ4v) is 3.54. The molecule has 0 fully saturated rings. The Kier molecular flexibility index (Phi) is 5.16. The van der Waals surface area contributed by atoms with E-state index in [9.17, 15) is 14.4 Å². The lowest BCUT2D eigenvalue weighted by Crippen LogP contribution is -2.25. The van der Waals surface area contributed by atoms with Crippen LogP contribution in [-0.4, -0.2) is 28.5 Å². The van der Waals surface area contributed by atoms with Crippen LogP contribution in [0.2, 0.25) is 0 Å². The molecule has 3 rings (SSSR count). The first kappa shape index (κ1) is 18.5. The van der Waals surface area contributed by atoms with E-state index in [4.69, 9.17) is 16.2 Å². The van der Waals surface area contributed by atoms with Gasteiger partial charge in [-0.25, -0.2) is 0 Å². The first-order valence-corrected chi connectivity index (χ1v) is 8.76. The molecular weight excluding hydrogens is 344 g/mol. The number of hydrogen-bond donors (Lipinski definition) is 3. The third-order valence-corrected chi connectivity index (χ3v) is 4.90. The highest BCUT2D eigenvalue weighted by atomic mass is 16.4. The molecule has 1 aliphatic carbocycles. The summed E-state index contributed by atoms with van der Waals surface area (Å²) in [6.07, 6.45) is 1.32. The fourth-order valence-electron chi connectivity index (χ4n) is 3.54. The Morgan fingerprint density at radius 2 is 1.63 bits per heavy atom. The number of carboxylic acids is 1. The summed E-state index contributed by atoms with van der Waals surface area (Å²) in [5, 5.41) is 16.5. The third-order valence-electron chi connectivity index (χ3n) is 4.90. The first-order valence-electron chi connectivity index (χ1n) is 8.76. The van der Waals surface area contributed by atoms with Gasteiger partial charge in [-0.3, -0.25) is 19.8 Å². The van der Waals surface area contributed by atoms with Crippen molar-refractivity contribution in [2.45, 2.75) is 25.7 Å². The van der Waals surface area contributed by atoms with Crippen molar-refractivity contribution in [2.24, 2.45) is 11.7 Å². The monoisotopic (exact) mass is 364 g/mol. The highest BCUT2D eigenvalue weighted by molar-refractivity contribution is 6.28. The van der Waals surface area contributed by atoms with Crippen molar-refractivity contribution in [1.29, 1.82) is 5.41 Å². The van der Waals surface area contributed by atoms with E-state index in [2.05, 4.69) is 0 Å². The summed E-state index contributed by atoms with van der Waals surface area (Å²) in [5.41, 5.74) is 7.92. The van der Waals surface area contributed by atoms with Crippen LogP contribution >= 0.6 is 0 Å². The van der Waals surface area contributed by atoms with Crippen molar-refractivity contribution < 1.29 is 19.5 Å². The molecule has 4 N–H and O–H groups in total. The summed E-state index contributed by atoms with van der Waals surface area (Å²) in [6, 6.07) is 12.0. The minimum Gasteiger partial charge on any atom is -0.481 e. The average molecular weight is 364 g/mol. The number of rotatable bonds is 7. The smallest absolute Gasteiger partial charge is 0.304 e. The van der Waals surface area contributed by atoms with Gasteiger partial charge in [0.25, 0.3) is 0 Å². The summed E-state index contributed by atoms with van der Waals surface area (Å²) >= 11 is 0. The highest BCUT2D eigenvalue weighted by Gasteiger charge is 2.31. The van der Waals surface area contributed by atoms with E-state index in [-0.39, 0.29) is 23.8 Å². The van der Waals surface area contributed by atoms with Crippen molar-refractivity contribution in [3.63, 3.8) is 0 Å². The van der Waals surface area contributed by atoms with Gasteiger partial charge < -0.3 is 10.8 Å². The van der Waals surface area contributed by atoms with Gasteiger partial charge in [0.05, 0.1) is 12.3 Å². The number of ketones is 2. The molecular formula is C21H20N2O4. The molecule has 0 saturated heterocycles. The predicted molar refractivity (Wildman–Crippen MR) is 100 cm³/mol. The van der Waals surface area contributed by atoms with Crippen LogP contribution < -0.4 is 5.73 Å². The number of nitrogens with one attached hydrogen (secondary N) is 1. The molecule has 0 aromatic heterocycles. The number of carboxylic acid groups (broad SMARTS) is 1. The summed E-state index contributed by atoms with van der Waals surface area (Å²) in [7, 11) is 0. The molecule has 0 heterocycles. The van der Waals surface area contributed by atoms with E-state index in [1.165, 1.54) is 0 Å². The van der Waals surface area contributed by atoms with Crippen LogP contribution in [0.3, 0.4) is 0 Å². The normalized spacial score (nSPS) is 13.6. The topological polar surface area (TPSA) is 121 Å². The zero-order valence-corrected chi connectivity index (χ0v) is 14.7. The molecule has 1 unspecified atom stereocenters. The number of hydrogen-bond acceptors (Lipinski definition) is 4. The fraction of sp³-hybridized carbons (Fsp3) is 0.238.